The summed E-state index contributed by atoms with van der Waals surface area (Å²) < 4.78 is 0. The van der Waals surface area contributed by atoms with Crippen LogP contribution in [0.1, 0.15) is 33.3 Å². The van der Waals surface area contributed by atoms with Crippen molar-refractivity contribution in [3.05, 3.63) is 30.1 Å². The average molecular weight is 235 g/mol. The second-order valence-electron chi connectivity index (χ2n) is 3.45. The van der Waals surface area contributed by atoms with Crippen molar-refractivity contribution in [2.75, 3.05) is 14.1 Å². The molecule has 96 valence electrons. The number of nitrogens with zero attached hydrogens (tertiary/aromatic N) is 2. The molecule has 2 aromatic heterocycles. The van der Waals surface area contributed by atoms with Gasteiger partial charge in [-0.25, -0.2) is 4.98 Å². The van der Waals surface area contributed by atoms with Crippen LogP contribution in [0, 0.1) is 0 Å². The first kappa shape index (κ1) is 15.7. The highest BCUT2D eigenvalue weighted by atomic mass is 15.1. The molecule has 0 fully saturated rings. The Labute approximate surface area is 105 Å². The Balaban J connectivity index is 0.000000581. The number of rotatable bonds is 2. The summed E-state index contributed by atoms with van der Waals surface area (Å²) in [6.45, 7) is 8.95. The lowest BCUT2D eigenvalue weighted by molar-refractivity contribution is 0.404. The third-order valence-electron chi connectivity index (χ3n) is 2.02. The van der Waals surface area contributed by atoms with Gasteiger partial charge in [-0.1, -0.05) is 27.7 Å². The van der Waals surface area contributed by atoms with Crippen LogP contribution in [-0.4, -0.2) is 29.0 Å². The van der Waals surface area contributed by atoms with Crippen LogP contribution < -0.4 is 0 Å². The zero-order chi connectivity index (χ0) is 13.3. The van der Waals surface area contributed by atoms with E-state index in [1.54, 1.807) is 6.20 Å². The van der Waals surface area contributed by atoms with Crippen LogP contribution >= 0.6 is 0 Å². The fourth-order valence-corrected chi connectivity index (χ4v) is 1.48. The first-order chi connectivity index (χ1) is 8.27. The van der Waals surface area contributed by atoms with E-state index in [0.717, 1.165) is 12.2 Å². The lowest BCUT2D eigenvalue weighted by Gasteiger charge is -2.07. The fraction of sp³-hybridized carbons (Fsp3) is 0.500. The van der Waals surface area contributed by atoms with Gasteiger partial charge in [-0.15, -0.1) is 0 Å². The van der Waals surface area contributed by atoms with Crippen molar-refractivity contribution in [2.24, 2.45) is 0 Å². The highest BCUT2D eigenvalue weighted by Crippen LogP contribution is 2.16. The summed E-state index contributed by atoms with van der Waals surface area (Å²) in [5.41, 5.74) is 2.27. The second-order valence-corrected chi connectivity index (χ2v) is 3.45. The molecule has 3 nitrogen and oxygen atoms in total. The number of pyridine rings is 1. The van der Waals surface area contributed by atoms with Crippen molar-refractivity contribution in [3.8, 4) is 0 Å². The topological polar surface area (TPSA) is 31.9 Å². The van der Waals surface area contributed by atoms with Gasteiger partial charge < -0.3 is 9.88 Å². The van der Waals surface area contributed by atoms with Gasteiger partial charge in [0.1, 0.15) is 5.65 Å². The maximum atomic E-state index is 4.24. The monoisotopic (exact) mass is 235 g/mol. The van der Waals surface area contributed by atoms with E-state index in [2.05, 4.69) is 35.0 Å². The predicted molar refractivity (Wildman–Crippen MR) is 76.2 cm³/mol. The summed E-state index contributed by atoms with van der Waals surface area (Å²) in [5, 5.41) is 1.22. The predicted octanol–water partition coefficient (Wildman–Crippen LogP) is 3.68. The normalized spacial score (nSPS) is 9.35. The van der Waals surface area contributed by atoms with Crippen LogP contribution in [0.2, 0.25) is 0 Å². The zero-order valence-electron chi connectivity index (χ0n) is 11.9. The summed E-state index contributed by atoms with van der Waals surface area (Å²) in [4.78, 5) is 9.54. The van der Waals surface area contributed by atoms with E-state index < -0.39 is 0 Å². The minimum atomic E-state index is 0.950. The van der Waals surface area contributed by atoms with Crippen molar-refractivity contribution >= 4 is 11.0 Å². The second kappa shape index (κ2) is 8.76. The maximum Gasteiger partial charge on any atom is 0.137 e. The molecule has 0 bridgehead atoms. The van der Waals surface area contributed by atoms with Gasteiger partial charge in [0.25, 0.3) is 0 Å². The number of fused-ring (bicyclic) bond motifs is 1. The molecule has 2 heterocycles. The van der Waals surface area contributed by atoms with Crippen LogP contribution in [0.4, 0.5) is 0 Å². The van der Waals surface area contributed by atoms with Crippen LogP contribution in [0.3, 0.4) is 0 Å². The highest BCUT2D eigenvalue weighted by Gasteiger charge is 2.03. The summed E-state index contributed by atoms with van der Waals surface area (Å²) >= 11 is 0. The zero-order valence-corrected chi connectivity index (χ0v) is 11.9. The average Bonchev–Trinajstić information content (AvgIpc) is 2.77. The maximum absolute atomic E-state index is 4.24. The van der Waals surface area contributed by atoms with Crippen LogP contribution in [-0.2, 0) is 6.54 Å². The number of H-pyrrole nitrogens is 1. The molecular weight excluding hydrogens is 210 g/mol. The summed E-state index contributed by atoms with van der Waals surface area (Å²) in [6, 6.07) is 4.06. The van der Waals surface area contributed by atoms with Gasteiger partial charge in [0.05, 0.1) is 0 Å². The molecule has 2 rings (SSSR count). The smallest absolute Gasteiger partial charge is 0.137 e. The van der Waals surface area contributed by atoms with Crippen molar-refractivity contribution < 1.29 is 0 Å². The van der Waals surface area contributed by atoms with E-state index in [9.17, 15) is 0 Å². The van der Waals surface area contributed by atoms with Crippen LogP contribution in [0.25, 0.3) is 11.0 Å². The minimum Gasteiger partial charge on any atom is -0.346 e. The number of aromatic nitrogens is 2. The third-order valence-corrected chi connectivity index (χ3v) is 2.02. The van der Waals surface area contributed by atoms with E-state index in [4.69, 9.17) is 0 Å². The van der Waals surface area contributed by atoms with E-state index in [1.165, 1.54) is 10.9 Å². The molecule has 0 aliphatic heterocycles. The van der Waals surface area contributed by atoms with Crippen LogP contribution in [0.5, 0.6) is 0 Å². The third kappa shape index (κ3) is 4.57. The molecular formula is C14H25N3. The Hall–Kier alpha value is -1.35. The molecule has 0 atom stereocenters. The molecule has 1 N–H and O–H groups in total. The Kier molecular flexibility index (Phi) is 8.07. The summed E-state index contributed by atoms with van der Waals surface area (Å²) in [5.74, 6) is 0. The molecule has 3 heteroatoms. The Morgan fingerprint density at radius 1 is 1.18 bits per heavy atom. The largest absolute Gasteiger partial charge is 0.346 e. The number of aromatic amines is 1. The molecule has 0 saturated carbocycles. The molecule has 0 aromatic carbocycles. The SMILES string of the molecule is CC.CC.CN(C)Cc1c[nH]c2ncccc12. The molecule has 0 aliphatic rings. The van der Waals surface area contributed by atoms with Gasteiger partial charge in [0, 0.05) is 24.3 Å². The molecule has 0 amide bonds. The van der Waals surface area contributed by atoms with Gasteiger partial charge in [-0.3, -0.25) is 0 Å². The quantitative estimate of drug-likeness (QED) is 0.861. The molecule has 0 radical (unpaired) electrons. The van der Waals surface area contributed by atoms with Crippen LogP contribution in [0.15, 0.2) is 24.5 Å². The lowest BCUT2D eigenvalue weighted by Crippen LogP contribution is -2.09. The van der Waals surface area contributed by atoms with E-state index in [1.807, 2.05) is 40.0 Å². The Morgan fingerprint density at radius 3 is 2.41 bits per heavy atom. The van der Waals surface area contributed by atoms with Crippen molar-refractivity contribution in [2.45, 2.75) is 34.2 Å². The lowest BCUT2D eigenvalue weighted by atomic mass is 10.2. The van der Waals surface area contributed by atoms with Gasteiger partial charge in [0.2, 0.25) is 0 Å². The van der Waals surface area contributed by atoms with E-state index >= 15 is 0 Å². The van der Waals surface area contributed by atoms with Crippen molar-refractivity contribution in [1.29, 1.82) is 0 Å². The molecule has 0 unspecified atom stereocenters. The first-order valence-electron chi connectivity index (χ1n) is 6.33. The number of hydrogen-bond acceptors (Lipinski definition) is 2. The molecule has 2 aromatic rings. The standard InChI is InChI=1S/C10H13N3.2C2H6/c1-13(2)7-8-6-12-10-9(8)4-3-5-11-10;2*1-2/h3-6H,7H2,1-2H3,(H,11,12);2*1-2H3. The fourth-order valence-electron chi connectivity index (χ4n) is 1.48. The van der Waals surface area contributed by atoms with Gasteiger partial charge in [-0.05, 0) is 31.8 Å². The Bertz CT molecular complexity index is 405. The first-order valence-corrected chi connectivity index (χ1v) is 6.33. The Morgan fingerprint density at radius 2 is 1.82 bits per heavy atom. The molecule has 0 saturated heterocycles. The molecule has 0 aliphatic carbocycles. The summed E-state index contributed by atoms with van der Waals surface area (Å²) in [6.07, 6.45) is 3.83. The molecule has 0 spiro atoms. The van der Waals surface area contributed by atoms with Gasteiger partial charge in [0.15, 0.2) is 0 Å². The summed E-state index contributed by atoms with van der Waals surface area (Å²) in [7, 11) is 4.13. The van der Waals surface area contributed by atoms with Gasteiger partial charge >= 0.3 is 0 Å². The highest BCUT2D eigenvalue weighted by molar-refractivity contribution is 5.79. The molecule has 17 heavy (non-hydrogen) atoms. The van der Waals surface area contributed by atoms with E-state index in [-0.39, 0.29) is 0 Å². The number of nitrogens with one attached hydrogen (secondary N) is 1. The van der Waals surface area contributed by atoms with Crippen molar-refractivity contribution in [3.63, 3.8) is 0 Å². The van der Waals surface area contributed by atoms with Gasteiger partial charge in [-0.2, -0.15) is 0 Å². The van der Waals surface area contributed by atoms with Crippen molar-refractivity contribution in [1.82, 2.24) is 14.9 Å². The van der Waals surface area contributed by atoms with E-state index in [0.29, 0.717) is 0 Å². The number of hydrogen-bond donors (Lipinski definition) is 1. The minimum absolute atomic E-state index is 0.950.